The van der Waals surface area contributed by atoms with Crippen LogP contribution in [0, 0.1) is 0 Å². The van der Waals surface area contributed by atoms with Gasteiger partial charge in [-0.15, -0.1) is 0 Å². The highest BCUT2D eigenvalue weighted by molar-refractivity contribution is 7.86. The Kier molecular flexibility index (Phi) is 9.97. The molecule has 220 valence electrons. The van der Waals surface area contributed by atoms with E-state index in [1.165, 1.54) is 45.6 Å². The minimum absolute atomic E-state index is 0.00772. The molecule has 3 aromatic carbocycles. The molecule has 0 saturated carbocycles. The molecule has 0 spiro atoms. The predicted molar refractivity (Wildman–Crippen MR) is 159 cm³/mol. The summed E-state index contributed by atoms with van der Waals surface area (Å²) < 4.78 is 47.4. The van der Waals surface area contributed by atoms with Gasteiger partial charge in [0.25, 0.3) is 16.0 Å². The van der Waals surface area contributed by atoms with Crippen molar-refractivity contribution in [3.63, 3.8) is 0 Å². The number of carbonyl (C=O) groups is 1. The SMILES string of the molecule is COc1cc(C(=O)N2CCCC(CCOS(=O)(=O)c3ccc(Cl)cc3)(c3ccc(Cl)c(Cl)c3)C2)cc(OC)c1OC. The molecule has 0 aliphatic carbocycles. The number of halogens is 3. The Balaban J connectivity index is 1.64. The van der Waals surface area contributed by atoms with E-state index in [2.05, 4.69) is 0 Å². The van der Waals surface area contributed by atoms with Gasteiger partial charge >= 0.3 is 0 Å². The maximum absolute atomic E-state index is 13.8. The molecule has 41 heavy (non-hydrogen) atoms. The van der Waals surface area contributed by atoms with Crippen LogP contribution in [-0.4, -0.2) is 60.3 Å². The van der Waals surface area contributed by atoms with Gasteiger partial charge in [-0.1, -0.05) is 40.9 Å². The number of ether oxygens (including phenoxy) is 3. The largest absolute Gasteiger partial charge is 0.493 e. The molecule has 12 heteroatoms. The summed E-state index contributed by atoms with van der Waals surface area (Å²) in [4.78, 5) is 15.6. The van der Waals surface area contributed by atoms with Gasteiger partial charge in [-0.25, -0.2) is 0 Å². The van der Waals surface area contributed by atoms with Crippen molar-refractivity contribution in [2.75, 3.05) is 41.0 Å². The van der Waals surface area contributed by atoms with Gasteiger partial charge in [0, 0.05) is 29.1 Å². The normalized spacial score (nSPS) is 17.3. The average Bonchev–Trinajstić information content (AvgIpc) is 2.97. The number of rotatable bonds is 10. The van der Waals surface area contributed by atoms with E-state index in [4.69, 9.17) is 53.2 Å². The minimum Gasteiger partial charge on any atom is -0.493 e. The van der Waals surface area contributed by atoms with Crippen molar-refractivity contribution in [1.29, 1.82) is 0 Å². The number of likely N-dealkylation sites (tertiary alicyclic amines) is 1. The van der Waals surface area contributed by atoms with Crippen LogP contribution < -0.4 is 14.2 Å². The number of carbonyl (C=O) groups excluding carboxylic acids is 1. The van der Waals surface area contributed by atoms with E-state index in [0.717, 1.165) is 5.56 Å². The molecular formula is C29H30Cl3NO7S. The molecule has 1 amide bonds. The van der Waals surface area contributed by atoms with Crippen molar-refractivity contribution in [1.82, 2.24) is 4.90 Å². The summed E-state index contributed by atoms with van der Waals surface area (Å²) >= 11 is 18.5. The third kappa shape index (κ3) is 6.87. The highest BCUT2D eigenvalue weighted by Crippen LogP contribution is 2.42. The van der Waals surface area contributed by atoms with Crippen molar-refractivity contribution < 1.29 is 31.6 Å². The van der Waals surface area contributed by atoms with Crippen LogP contribution in [0.5, 0.6) is 17.2 Å². The van der Waals surface area contributed by atoms with Crippen LogP contribution in [0.3, 0.4) is 0 Å². The molecule has 0 aromatic heterocycles. The van der Waals surface area contributed by atoms with Crippen LogP contribution in [0.1, 0.15) is 35.2 Å². The first-order valence-corrected chi connectivity index (χ1v) is 15.3. The number of methoxy groups -OCH3 is 3. The number of hydrogen-bond donors (Lipinski definition) is 0. The van der Waals surface area contributed by atoms with Crippen molar-refractivity contribution in [2.45, 2.75) is 29.6 Å². The number of piperidine rings is 1. The van der Waals surface area contributed by atoms with Crippen LogP contribution in [0.25, 0.3) is 0 Å². The lowest BCUT2D eigenvalue weighted by atomic mass is 9.71. The molecule has 0 N–H and O–H groups in total. The predicted octanol–water partition coefficient (Wildman–Crippen LogP) is 6.64. The molecule has 1 heterocycles. The molecule has 4 rings (SSSR count). The average molecular weight is 643 g/mol. The third-order valence-electron chi connectivity index (χ3n) is 7.23. The van der Waals surface area contributed by atoms with Gasteiger partial charge < -0.3 is 19.1 Å². The molecule has 0 bridgehead atoms. The smallest absolute Gasteiger partial charge is 0.296 e. The Bertz CT molecular complexity index is 1490. The second kappa shape index (κ2) is 13.1. The molecule has 3 aromatic rings. The maximum Gasteiger partial charge on any atom is 0.296 e. The Morgan fingerprint density at radius 3 is 2.15 bits per heavy atom. The number of benzene rings is 3. The van der Waals surface area contributed by atoms with Gasteiger partial charge in [-0.3, -0.25) is 8.98 Å². The summed E-state index contributed by atoms with van der Waals surface area (Å²) in [7, 11) is 0.443. The first-order valence-electron chi connectivity index (χ1n) is 12.7. The molecule has 1 atom stereocenters. The van der Waals surface area contributed by atoms with Crippen molar-refractivity contribution in [2.24, 2.45) is 0 Å². The monoisotopic (exact) mass is 641 g/mol. The zero-order valence-electron chi connectivity index (χ0n) is 22.8. The lowest BCUT2D eigenvalue weighted by Gasteiger charge is -2.43. The number of nitrogens with zero attached hydrogens (tertiary/aromatic N) is 1. The van der Waals surface area contributed by atoms with Gasteiger partial charge in [-0.2, -0.15) is 8.42 Å². The summed E-state index contributed by atoms with van der Waals surface area (Å²) in [6.45, 7) is 0.685. The van der Waals surface area contributed by atoms with Gasteiger partial charge in [0.2, 0.25) is 5.75 Å². The van der Waals surface area contributed by atoms with E-state index in [1.54, 1.807) is 29.2 Å². The molecule has 8 nitrogen and oxygen atoms in total. The quantitative estimate of drug-likeness (QED) is 0.229. The zero-order chi connectivity index (χ0) is 29.8. The summed E-state index contributed by atoms with van der Waals surface area (Å²) in [5, 5.41) is 1.18. The third-order valence-corrected chi connectivity index (χ3v) is 9.55. The lowest BCUT2D eigenvalue weighted by Crippen LogP contribution is -2.49. The van der Waals surface area contributed by atoms with Crippen molar-refractivity contribution in [3.05, 3.63) is 80.8 Å². The topological polar surface area (TPSA) is 91.4 Å². The fourth-order valence-electron chi connectivity index (χ4n) is 5.12. The molecule has 1 saturated heterocycles. The fourth-order valence-corrected chi connectivity index (χ4v) is 6.45. The zero-order valence-corrected chi connectivity index (χ0v) is 25.9. The van der Waals surface area contributed by atoms with E-state index < -0.39 is 15.5 Å². The fraction of sp³-hybridized carbons (Fsp3) is 0.345. The first kappa shape index (κ1) is 31.3. The highest BCUT2D eigenvalue weighted by Gasteiger charge is 2.40. The van der Waals surface area contributed by atoms with E-state index >= 15 is 0 Å². The number of amides is 1. The summed E-state index contributed by atoms with van der Waals surface area (Å²) in [5.41, 5.74) is 0.547. The maximum atomic E-state index is 13.8. The molecular weight excluding hydrogens is 613 g/mol. The molecule has 1 fully saturated rings. The Morgan fingerprint density at radius 2 is 1.56 bits per heavy atom. The van der Waals surface area contributed by atoms with E-state index in [1.807, 2.05) is 6.07 Å². The molecule has 1 aliphatic heterocycles. The molecule has 1 aliphatic rings. The molecule has 0 radical (unpaired) electrons. The first-order chi connectivity index (χ1) is 19.5. The van der Waals surface area contributed by atoms with Crippen LogP contribution in [0.15, 0.2) is 59.5 Å². The minimum atomic E-state index is -4.02. The summed E-state index contributed by atoms with van der Waals surface area (Å²) in [6.07, 6.45) is 1.64. The van der Waals surface area contributed by atoms with Crippen LogP contribution >= 0.6 is 34.8 Å². The van der Waals surface area contributed by atoms with Gasteiger partial charge in [0.05, 0.1) is 42.9 Å². The van der Waals surface area contributed by atoms with Gasteiger partial charge in [-0.05, 0) is 73.4 Å². The number of hydrogen-bond acceptors (Lipinski definition) is 7. The van der Waals surface area contributed by atoms with Crippen molar-refractivity contribution >= 4 is 50.8 Å². The second-order valence-corrected chi connectivity index (χ2v) is 12.5. The van der Waals surface area contributed by atoms with Gasteiger partial charge in [0.15, 0.2) is 11.5 Å². The van der Waals surface area contributed by atoms with E-state index in [-0.39, 0.29) is 17.4 Å². The van der Waals surface area contributed by atoms with Crippen LogP contribution in [0.2, 0.25) is 15.1 Å². The lowest BCUT2D eigenvalue weighted by molar-refractivity contribution is 0.0608. The summed E-state index contributed by atoms with van der Waals surface area (Å²) in [5.74, 6) is 0.880. The van der Waals surface area contributed by atoms with E-state index in [9.17, 15) is 13.2 Å². The molecule has 1 unspecified atom stereocenters. The van der Waals surface area contributed by atoms with E-state index in [0.29, 0.717) is 70.2 Å². The van der Waals surface area contributed by atoms with Crippen LogP contribution in [0.4, 0.5) is 0 Å². The van der Waals surface area contributed by atoms with Crippen LogP contribution in [-0.2, 0) is 19.7 Å². The second-order valence-electron chi connectivity index (χ2n) is 9.63. The Morgan fingerprint density at radius 1 is 0.902 bits per heavy atom. The Hall–Kier alpha value is -2.69. The van der Waals surface area contributed by atoms with Gasteiger partial charge in [0.1, 0.15) is 0 Å². The standard InChI is InChI=1S/C29H30Cl3NO7S/c1-37-25-15-19(16-26(38-2)27(25)39-3)28(34)33-13-4-11-29(18-33,20-5-10-23(31)24(32)17-20)12-14-40-41(35,36)22-8-6-21(30)7-9-22/h5-10,15-17H,4,11-14,18H2,1-3H3. The summed E-state index contributed by atoms with van der Waals surface area (Å²) in [6, 6.07) is 14.3. The van der Waals surface area contributed by atoms with Crippen molar-refractivity contribution in [3.8, 4) is 17.2 Å². The highest BCUT2D eigenvalue weighted by atomic mass is 35.5. The Labute approximate surface area is 255 Å².